The van der Waals surface area contributed by atoms with E-state index in [1.807, 2.05) is 0 Å². The third-order valence-electron chi connectivity index (χ3n) is 4.71. The third kappa shape index (κ3) is 1.64. The van der Waals surface area contributed by atoms with Crippen LogP contribution in [0.2, 0.25) is 0 Å². The lowest BCUT2D eigenvalue weighted by molar-refractivity contribution is 0.0887. The average Bonchev–Trinajstić information content (AvgIpc) is 2.77. The molecule has 16 heavy (non-hydrogen) atoms. The minimum atomic E-state index is 0.605. The quantitative estimate of drug-likeness (QED) is 0.660. The highest BCUT2D eigenvalue weighted by Crippen LogP contribution is 2.51. The molecule has 1 aliphatic carbocycles. The van der Waals surface area contributed by atoms with Crippen LogP contribution in [0.1, 0.15) is 46.0 Å². The van der Waals surface area contributed by atoms with Crippen LogP contribution in [0, 0.1) is 5.41 Å². The topological polar surface area (TPSA) is 15.6 Å². The molecule has 88 valence electrons. The summed E-state index contributed by atoms with van der Waals surface area (Å²) in [4.78, 5) is 7.17. The van der Waals surface area contributed by atoms with E-state index in [4.69, 9.17) is 0 Å². The molecule has 1 spiro atoms. The second-order valence-electron chi connectivity index (χ2n) is 6.05. The summed E-state index contributed by atoms with van der Waals surface area (Å²) in [6, 6.07) is 0.719. The fourth-order valence-corrected chi connectivity index (χ4v) is 3.56. The monoisotopic (exact) mass is 218 g/mol. The molecule has 2 aliphatic heterocycles. The molecule has 0 amide bonds. The van der Waals surface area contributed by atoms with E-state index in [-0.39, 0.29) is 0 Å². The summed E-state index contributed by atoms with van der Waals surface area (Å²) in [7, 11) is 0. The molecule has 2 nitrogen and oxygen atoms in total. The van der Waals surface area contributed by atoms with Crippen molar-refractivity contribution in [3.63, 3.8) is 0 Å². The molecule has 1 fully saturated rings. The van der Waals surface area contributed by atoms with Gasteiger partial charge in [-0.25, -0.2) is 0 Å². The van der Waals surface area contributed by atoms with Crippen LogP contribution < -0.4 is 0 Å². The highest BCUT2D eigenvalue weighted by atomic mass is 15.2. The van der Waals surface area contributed by atoms with Crippen LogP contribution in [0.4, 0.5) is 0 Å². The summed E-state index contributed by atoms with van der Waals surface area (Å²) < 4.78 is 0. The lowest BCUT2D eigenvalue weighted by atomic mass is 9.75. The molecule has 0 atom stereocenters. The Morgan fingerprint density at radius 2 is 2.00 bits per heavy atom. The van der Waals surface area contributed by atoms with Crippen molar-refractivity contribution < 1.29 is 0 Å². The number of nitrogens with zero attached hydrogens (tertiary/aromatic N) is 2. The molecule has 0 bridgehead atoms. The van der Waals surface area contributed by atoms with Gasteiger partial charge in [-0.2, -0.15) is 0 Å². The van der Waals surface area contributed by atoms with E-state index >= 15 is 0 Å². The van der Waals surface area contributed by atoms with Gasteiger partial charge in [-0.1, -0.05) is 0 Å². The van der Waals surface area contributed by atoms with Crippen LogP contribution in [0.15, 0.2) is 16.3 Å². The molecule has 3 aliphatic rings. The largest absolute Gasteiger partial charge is 0.301 e. The molecule has 0 saturated carbocycles. The molecule has 0 aromatic carbocycles. The Kier molecular flexibility index (Phi) is 2.43. The highest BCUT2D eigenvalue weighted by Gasteiger charge is 2.41. The molecule has 0 aromatic rings. The third-order valence-corrected chi connectivity index (χ3v) is 4.71. The normalized spacial score (nSPS) is 28.4. The van der Waals surface area contributed by atoms with E-state index in [0.717, 1.165) is 12.5 Å². The van der Waals surface area contributed by atoms with Crippen LogP contribution in [0.25, 0.3) is 0 Å². The van der Waals surface area contributed by atoms with Gasteiger partial charge in [0.25, 0.3) is 0 Å². The maximum Gasteiger partial charge on any atom is 0.0401 e. The Morgan fingerprint density at radius 3 is 2.62 bits per heavy atom. The van der Waals surface area contributed by atoms with Gasteiger partial charge in [-0.15, -0.1) is 0 Å². The molecular formula is C14H22N2. The molecule has 0 unspecified atom stereocenters. The predicted molar refractivity (Wildman–Crippen MR) is 67.7 cm³/mol. The number of likely N-dealkylation sites (tertiary alicyclic amines) is 1. The van der Waals surface area contributed by atoms with E-state index in [0.29, 0.717) is 5.41 Å². The number of allylic oxidation sites excluding steroid dienone is 2. The summed E-state index contributed by atoms with van der Waals surface area (Å²) in [5, 5.41) is 0. The Morgan fingerprint density at radius 1 is 1.25 bits per heavy atom. The van der Waals surface area contributed by atoms with Gasteiger partial charge < -0.3 is 4.90 Å². The van der Waals surface area contributed by atoms with Crippen molar-refractivity contribution in [1.29, 1.82) is 0 Å². The van der Waals surface area contributed by atoms with Gasteiger partial charge in [-0.05, 0) is 63.6 Å². The van der Waals surface area contributed by atoms with Crippen LogP contribution in [-0.4, -0.2) is 30.2 Å². The van der Waals surface area contributed by atoms with Crippen molar-refractivity contribution >= 4 is 6.21 Å². The van der Waals surface area contributed by atoms with Crippen molar-refractivity contribution in [2.45, 2.75) is 52.0 Å². The van der Waals surface area contributed by atoms with Gasteiger partial charge in [0.2, 0.25) is 0 Å². The fourth-order valence-electron chi connectivity index (χ4n) is 3.56. The Bertz CT molecular complexity index is 344. The molecule has 2 heterocycles. The zero-order valence-electron chi connectivity index (χ0n) is 10.5. The molecule has 0 N–H and O–H groups in total. The molecule has 2 heteroatoms. The number of hydrogen-bond acceptors (Lipinski definition) is 2. The summed E-state index contributed by atoms with van der Waals surface area (Å²) in [6.45, 7) is 7.22. The van der Waals surface area contributed by atoms with Gasteiger partial charge in [0, 0.05) is 24.4 Å². The average molecular weight is 218 g/mol. The van der Waals surface area contributed by atoms with Crippen LogP contribution in [0.3, 0.4) is 0 Å². The van der Waals surface area contributed by atoms with E-state index in [9.17, 15) is 0 Å². The first kappa shape index (κ1) is 10.5. The van der Waals surface area contributed by atoms with Gasteiger partial charge in [0.1, 0.15) is 0 Å². The lowest BCUT2D eigenvalue weighted by Gasteiger charge is -2.41. The predicted octanol–water partition coefficient (Wildman–Crippen LogP) is 3.00. The van der Waals surface area contributed by atoms with Gasteiger partial charge >= 0.3 is 0 Å². The molecule has 0 aromatic heterocycles. The van der Waals surface area contributed by atoms with Gasteiger partial charge in [-0.3, -0.25) is 4.99 Å². The molecular weight excluding hydrogens is 196 g/mol. The first-order chi connectivity index (χ1) is 7.69. The summed E-state index contributed by atoms with van der Waals surface area (Å²) >= 11 is 0. The van der Waals surface area contributed by atoms with Crippen molar-refractivity contribution in [1.82, 2.24) is 4.90 Å². The van der Waals surface area contributed by atoms with Crippen molar-refractivity contribution in [3.8, 4) is 0 Å². The second kappa shape index (κ2) is 3.69. The first-order valence-corrected chi connectivity index (χ1v) is 6.66. The van der Waals surface area contributed by atoms with Crippen molar-refractivity contribution in [2.24, 2.45) is 10.4 Å². The highest BCUT2D eigenvalue weighted by molar-refractivity contribution is 5.68. The van der Waals surface area contributed by atoms with E-state index in [2.05, 4.69) is 30.0 Å². The first-order valence-electron chi connectivity index (χ1n) is 6.66. The van der Waals surface area contributed by atoms with E-state index in [1.54, 1.807) is 5.57 Å². The summed E-state index contributed by atoms with van der Waals surface area (Å²) in [6.07, 6.45) is 8.62. The second-order valence-corrected chi connectivity index (χ2v) is 6.05. The van der Waals surface area contributed by atoms with Gasteiger partial charge in [0.05, 0.1) is 0 Å². The number of rotatable bonds is 1. The maximum absolute atomic E-state index is 4.54. The SMILES string of the molecule is CC(C)N1CCC2(CC1)CC1=C(C2)N=CC1. The summed E-state index contributed by atoms with van der Waals surface area (Å²) in [5.74, 6) is 0. The molecule has 1 saturated heterocycles. The standard InChI is InChI=1S/C14H22N2/c1-11(2)16-7-4-14(5-8-16)9-12-3-6-15-13(12)10-14/h6,11H,3-5,7-10H2,1-2H3. The fraction of sp³-hybridized carbons (Fsp3) is 0.786. The zero-order chi connectivity index (χ0) is 11.2. The van der Waals surface area contributed by atoms with Crippen LogP contribution >= 0.6 is 0 Å². The lowest BCUT2D eigenvalue weighted by Crippen LogP contribution is -2.42. The zero-order valence-corrected chi connectivity index (χ0v) is 10.5. The Labute approximate surface area is 98.4 Å². The van der Waals surface area contributed by atoms with Gasteiger partial charge in [0.15, 0.2) is 0 Å². The smallest absolute Gasteiger partial charge is 0.0401 e. The van der Waals surface area contributed by atoms with Crippen molar-refractivity contribution in [3.05, 3.63) is 11.3 Å². The number of aliphatic imine (C=N–C) groups is 1. The summed E-state index contributed by atoms with van der Waals surface area (Å²) in [5.41, 5.74) is 3.70. The molecule has 3 rings (SSSR count). The molecule has 0 radical (unpaired) electrons. The minimum absolute atomic E-state index is 0.605. The van der Waals surface area contributed by atoms with E-state index < -0.39 is 0 Å². The van der Waals surface area contributed by atoms with Crippen molar-refractivity contribution in [2.75, 3.05) is 13.1 Å². The Balaban J connectivity index is 1.65. The van der Waals surface area contributed by atoms with E-state index in [1.165, 1.54) is 44.5 Å². The Hall–Kier alpha value is -0.630. The number of hydrogen-bond donors (Lipinski definition) is 0. The van der Waals surface area contributed by atoms with Crippen LogP contribution in [0.5, 0.6) is 0 Å². The minimum Gasteiger partial charge on any atom is -0.301 e. The number of piperidine rings is 1. The maximum atomic E-state index is 4.54. The van der Waals surface area contributed by atoms with Crippen LogP contribution in [-0.2, 0) is 0 Å².